The average Bonchev–Trinajstić information content (AvgIpc) is 3.46. The molecule has 0 saturated carbocycles. The van der Waals surface area contributed by atoms with Crippen molar-refractivity contribution in [3.05, 3.63) is 125 Å². The largest absolute Gasteiger partial charge is 0.444 e. The third kappa shape index (κ3) is 7.97. The first-order valence-electron chi connectivity index (χ1n) is 15.1. The number of halogens is 3. The first kappa shape index (κ1) is 33.2. The zero-order chi connectivity index (χ0) is 33.9. The molecule has 47 heavy (non-hydrogen) atoms. The molecule has 1 aliphatic rings. The van der Waals surface area contributed by atoms with Crippen molar-refractivity contribution in [2.24, 2.45) is 5.73 Å². The SMILES string of the molecule is CC(C)(C)OC(=O)N1C[C@@H](c2ccccc2)C[C@H]1C(=O)NC(Cc1cc(F)cc(F)c1)c1ncccc1-c1ccc(F)c(C(N)=O)c1. The Kier molecular flexibility index (Phi) is 9.64. The van der Waals surface area contributed by atoms with Gasteiger partial charge in [0.1, 0.15) is 29.1 Å². The summed E-state index contributed by atoms with van der Waals surface area (Å²) in [7, 11) is 0. The average molecular weight is 645 g/mol. The molecule has 3 amide bonds. The molecule has 2 heterocycles. The second-order valence-electron chi connectivity index (χ2n) is 12.5. The number of pyridine rings is 1. The molecular formula is C36H35F3N4O4. The van der Waals surface area contributed by atoms with Crippen LogP contribution >= 0.6 is 0 Å². The van der Waals surface area contributed by atoms with E-state index < -0.39 is 53.0 Å². The lowest BCUT2D eigenvalue weighted by atomic mass is 9.93. The second-order valence-corrected chi connectivity index (χ2v) is 12.5. The van der Waals surface area contributed by atoms with Crippen molar-refractivity contribution in [2.45, 2.75) is 57.2 Å². The van der Waals surface area contributed by atoms with Crippen LogP contribution in [-0.2, 0) is 16.0 Å². The lowest BCUT2D eigenvalue weighted by Gasteiger charge is -2.29. The van der Waals surface area contributed by atoms with Gasteiger partial charge in [-0.15, -0.1) is 0 Å². The molecule has 11 heteroatoms. The minimum Gasteiger partial charge on any atom is -0.444 e. The number of carbonyl (C=O) groups excluding carboxylic acids is 3. The Labute approximate surface area is 270 Å². The maximum atomic E-state index is 14.4. The maximum absolute atomic E-state index is 14.4. The number of benzene rings is 3. The molecule has 1 aliphatic heterocycles. The van der Waals surface area contributed by atoms with E-state index in [9.17, 15) is 27.6 Å². The van der Waals surface area contributed by atoms with Crippen LogP contribution in [0, 0.1) is 17.5 Å². The molecule has 1 unspecified atom stereocenters. The topological polar surface area (TPSA) is 115 Å². The van der Waals surface area contributed by atoms with Crippen LogP contribution < -0.4 is 11.1 Å². The predicted octanol–water partition coefficient (Wildman–Crippen LogP) is 6.46. The Morgan fingerprint density at radius 1 is 0.979 bits per heavy atom. The molecule has 0 bridgehead atoms. The second kappa shape index (κ2) is 13.7. The van der Waals surface area contributed by atoms with Crippen LogP contribution in [0.15, 0.2) is 85.1 Å². The number of rotatable bonds is 8. The van der Waals surface area contributed by atoms with Crippen molar-refractivity contribution in [1.29, 1.82) is 0 Å². The highest BCUT2D eigenvalue weighted by atomic mass is 19.1. The standard InChI is InChI=1S/C36H35F3N4O4/c1-36(2,3)47-35(46)43-20-24(22-8-5-4-6-9-22)18-31(43)34(45)42-30(16-21-14-25(37)19-26(38)15-21)32-27(10-7-13-41-32)23-11-12-29(39)28(17-23)33(40)44/h4-15,17,19,24,30-31H,16,18,20H2,1-3H3,(H2,40,44)(H,42,45)/t24-,30?,31-/m0/s1. The van der Waals surface area contributed by atoms with E-state index in [1.807, 2.05) is 30.3 Å². The number of aromatic nitrogens is 1. The number of carbonyl (C=O) groups is 3. The highest BCUT2D eigenvalue weighted by molar-refractivity contribution is 5.94. The molecule has 0 spiro atoms. The fourth-order valence-electron chi connectivity index (χ4n) is 5.84. The highest BCUT2D eigenvalue weighted by Gasteiger charge is 2.42. The third-order valence-corrected chi connectivity index (χ3v) is 7.89. The number of hydrogen-bond donors (Lipinski definition) is 2. The van der Waals surface area contributed by atoms with Crippen LogP contribution in [0.2, 0.25) is 0 Å². The van der Waals surface area contributed by atoms with E-state index >= 15 is 0 Å². The van der Waals surface area contributed by atoms with Gasteiger partial charge in [-0.25, -0.2) is 18.0 Å². The molecule has 1 aromatic heterocycles. The van der Waals surface area contributed by atoms with Crippen molar-refractivity contribution >= 4 is 17.9 Å². The molecular weight excluding hydrogens is 609 g/mol. The van der Waals surface area contributed by atoms with Crippen molar-refractivity contribution in [1.82, 2.24) is 15.2 Å². The van der Waals surface area contributed by atoms with Crippen LogP contribution in [0.5, 0.6) is 0 Å². The first-order valence-corrected chi connectivity index (χ1v) is 15.1. The van der Waals surface area contributed by atoms with Crippen molar-refractivity contribution < 1.29 is 32.3 Å². The van der Waals surface area contributed by atoms with Gasteiger partial charge in [0.25, 0.3) is 5.91 Å². The summed E-state index contributed by atoms with van der Waals surface area (Å²) in [6.07, 6.45) is 1.04. The smallest absolute Gasteiger partial charge is 0.410 e. The van der Waals surface area contributed by atoms with E-state index in [1.54, 1.807) is 32.9 Å². The van der Waals surface area contributed by atoms with Gasteiger partial charge < -0.3 is 15.8 Å². The summed E-state index contributed by atoms with van der Waals surface area (Å²) in [4.78, 5) is 45.4. The Hall–Kier alpha value is -5.19. The van der Waals surface area contributed by atoms with Gasteiger partial charge in [-0.1, -0.05) is 42.5 Å². The van der Waals surface area contributed by atoms with Gasteiger partial charge in [0.05, 0.1) is 17.3 Å². The Morgan fingerprint density at radius 3 is 2.34 bits per heavy atom. The van der Waals surface area contributed by atoms with Crippen LogP contribution in [0.1, 0.15) is 66.3 Å². The van der Waals surface area contributed by atoms with Crippen molar-refractivity contribution in [3.63, 3.8) is 0 Å². The van der Waals surface area contributed by atoms with Gasteiger partial charge >= 0.3 is 6.09 Å². The first-order chi connectivity index (χ1) is 22.3. The number of likely N-dealkylation sites (tertiary alicyclic amines) is 1. The van der Waals surface area contributed by atoms with Crippen LogP contribution in [-0.4, -0.2) is 46.0 Å². The van der Waals surface area contributed by atoms with E-state index in [-0.39, 0.29) is 35.7 Å². The van der Waals surface area contributed by atoms with Crippen LogP contribution in [0.25, 0.3) is 11.1 Å². The van der Waals surface area contributed by atoms with Gasteiger partial charge in [0, 0.05) is 30.3 Å². The molecule has 4 aromatic rings. The van der Waals surface area contributed by atoms with E-state index in [1.165, 1.54) is 23.2 Å². The van der Waals surface area contributed by atoms with E-state index in [4.69, 9.17) is 10.5 Å². The Balaban J connectivity index is 1.54. The van der Waals surface area contributed by atoms with Crippen molar-refractivity contribution in [2.75, 3.05) is 6.54 Å². The van der Waals surface area contributed by atoms with Gasteiger partial charge in [-0.3, -0.25) is 19.5 Å². The Morgan fingerprint density at radius 2 is 1.68 bits per heavy atom. The summed E-state index contributed by atoms with van der Waals surface area (Å²) in [5.41, 5.74) is 6.53. The number of nitrogens with one attached hydrogen (secondary N) is 1. The quantitative estimate of drug-likeness (QED) is 0.229. The summed E-state index contributed by atoms with van der Waals surface area (Å²) < 4.78 is 48.6. The lowest BCUT2D eigenvalue weighted by molar-refractivity contribution is -0.126. The number of hydrogen-bond acceptors (Lipinski definition) is 5. The summed E-state index contributed by atoms with van der Waals surface area (Å²) >= 11 is 0. The highest BCUT2D eigenvalue weighted by Crippen LogP contribution is 2.35. The monoisotopic (exact) mass is 644 g/mol. The van der Waals surface area contributed by atoms with Gasteiger partial charge in [0.15, 0.2) is 0 Å². The Bertz CT molecular complexity index is 1770. The van der Waals surface area contributed by atoms with Crippen molar-refractivity contribution in [3.8, 4) is 11.1 Å². The molecule has 5 rings (SSSR count). The minimum absolute atomic E-state index is 0.0877. The third-order valence-electron chi connectivity index (χ3n) is 7.89. The molecule has 1 saturated heterocycles. The number of amides is 3. The van der Waals surface area contributed by atoms with Crippen LogP contribution in [0.3, 0.4) is 0 Å². The number of ether oxygens (including phenoxy) is 1. The zero-order valence-electron chi connectivity index (χ0n) is 26.2. The number of nitrogens with zero attached hydrogens (tertiary/aromatic N) is 2. The molecule has 244 valence electrons. The molecule has 8 nitrogen and oxygen atoms in total. The summed E-state index contributed by atoms with van der Waals surface area (Å²) in [6, 6.07) is 17.8. The zero-order valence-corrected chi connectivity index (χ0v) is 26.2. The fraction of sp³-hybridized carbons (Fsp3) is 0.278. The predicted molar refractivity (Wildman–Crippen MR) is 170 cm³/mol. The molecule has 1 fully saturated rings. The molecule has 0 radical (unpaired) electrons. The molecule has 3 aromatic carbocycles. The van der Waals surface area contributed by atoms with Crippen LogP contribution in [0.4, 0.5) is 18.0 Å². The van der Waals surface area contributed by atoms with E-state index in [0.29, 0.717) is 17.5 Å². The maximum Gasteiger partial charge on any atom is 0.410 e. The van der Waals surface area contributed by atoms with Gasteiger partial charge in [-0.05, 0) is 80.6 Å². The molecule has 3 atom stereocenters. The van der Waals surface area contributed by atoms with Gasteiger partial charge in [0.2, 0.25) is 5.91 Å². The summed E-state index contributed by atoms with van der Waals surface area (Å²) in [5.74, 6) is -4.05. The number of primary amides is 1. The van der Waals surface area contributed by atoms with E-state index in [0.717, 1.165) is 29.8 Å². The summed E-state index contributed by atoms with van der Waals surface area (Å²) in [6.45, 7) is 5.44. The summed E-state index contributed by atoms with van der Waals surface area (Å²) in [5, 5.41) is 2.98. The molecule has 3 N–H and O–H groups in total. The fourth-order valence-corrected chi connectivity index (χ4v) is 5.84. The number of nitrogens with two attached hydrogens (primary N) is 1. The minimum atomic E-state index is -0.974. The lowest BCUT2D eigenvalue weighted by Crippen LogP contribution is -2.48. The van der Waals surface area contributed by atoms with E-state index in [2.05, 4.69) is 10.3 Å². The van der Waals surface area contributed by atoms with Gasteiger partial charge in [-0.2, -0.15) is 0 Å². The molecule has 0 aliphatic carbocycles. The normalized spacial score (nSPS) is 16.9.